The molecule has 0 aliphatic carbocycles. The number of ketones is 1. The van der Waals surface area contributed by atoms with Crippen LogP contribution < -0.4 is 0 Å². The van der Waals surface area contributed by atoms with Crippen LogP contribution in [0.15, 0.2) is 0 Å². The van der Waals surface area contributed by atoms with Gasteiger partial charge < -0.3 is 4.79 Å². The number of rotatable bonds is 18. The molecule has 0 aliphatic rings. The van der Waals surface area contributed by atoms with E-state index in [0.717, 1.165) is 24.7 Å². The van der Waals surface area contributed by atoms with E-state index in [2.05, 4.69) is 20.8 Å². The van der Waals surface area contributed by atoms with Crippen LogP contribution in [0.25, 0.3) is 0 Å². The lowest BCUT2D eigenvalue weighted by atomic mass is 9.86. The highest BCUT2D eigenvalue weighted by molar-refractivity contribution is 5.75. The molecule has 0 rings (SSSR count). The van der Waals surface area contributed by atoms with E-state index < -0.39 is 0 Å². The minimum atomic E-state index is 0.347. The average Bonchev–Trinajstić information content (AvgIpc) is 2.53. The summed E-state index contributed by atoms with van der Waals surface area (Å²) in [6.07, 6.45) is 21.5. The summed E-state index contributed by atoms with van der Waals surface area (Å²) in [4.78, 5) is 10.8. The third kappa shape index (κ3) is 16.5. The fourth-order valence-corrected chi connectivity index (χ4v) is 3.73. The topological polar surface area (TPSA) is 17.1 Å². The molecular formula is C23H46O. The van der Waals surface area contributed by atoms with Gasteiger partial charge in [-0.3, -0.25) is 0 Å². The molecule has 144 valence electrons. The van der Waals surface area contributed by atoms with Crippen molar-refractivity contribution in [1.82, 2.24) is 0 Å². The van der Waals surface area contributed by atoms with Crippen LogP contribution in [0.1, 0.15) is 130 Å². The minimum Gasteiger partial charge on any atom is -0.300 e. The first kappa shape index (κ1) is 23.7. The van der Waals surface area contributed by atoms with E-state index in [-0.39, 0.29) is 0 Å². The first-order valence-corrected chi connectivity index (χ1v) is 11.1. The second-order valence-electron chi connectivity index (χ2n) is 8.28. The minimum absolute atomic E-state index is 0.347. The zero-order chi connectivity index (χ0) is 18.0. The Labute approximate surface area is 153 Å². The highest BCUT2D eigenvalue weighted by Gasteiger charge is 2.11. The van der Waals surface area contributed by atoms with Crippen molar-refractivity contribution in [3.63, 3.8) is 0 Å². The predicted octanol–water partition coefficient (Wildman–Crippen LogP) is 8.11. The highest BCUT2D eigenvalue weighted by Crippen LogP contribution is 2.24. The van der Waals surface area contributed by atoms with Gasteiger partial charge in [0.05, 0.1) is 0 Å². The second-order valence-corrected chi connectivity index (χ2v) is 8.28. The Hall–Kier alpha value is -0.330. The van der Waals surface area contributed by atoms with Gasteiger partial charge in [-0.1, -0.05) is 111 Å². The maximum absolute atomic E-state index is 10.8. The number of hydrogen-bond acceptors (Lipinski definition) is 1. The fraction of sp³-hybridized carbons (Fsp3) is 0.957. The lowest BCUT2D eigenvalue weighted by Gasteiger charge is -2.19. The van der Waals surface area contributed by atoms with Crippen molar-refractivity contribution in [2.75, 3.05) is 0 Å². The Morgan fingerprint density at radius 2 is 1.08 bits per heavy atom. The molecule has 0 bridgehead atoms. The van der Waals surface area contributed by atoms with Crippen molar-refractivity contribution in [2.24, 2.45) is 11.8 Å². The van der Waals surface area contributed by atoms with Gasteiger partial charge in [-0.15, -0.1) is 0 Å². The summed E-state index contributed by atoms with van der Waals surface area (Å²) >= 11 is 0. The van der Waals surface area contributed by atoms with E-state index in [1.54, 1.807) is 6.92 Å². The van der Waals surface area contributed by atoms with Crippen molar-refractivity contribution in [3.05, 3.63) is 0 Å². The first-order chi connectivity index (χ1) is 11.6. The zero-order valence-electron chi connectivity index (χ0n) is 17.4. The molecule has 1 atom stereocenters. The molecule has 0 aromatic carbocycles. The molecule has 0 radical (unpaired) electrons. The Kier molecular flexibility index (Phi) is 17.3. The van der Waals surface area contributed by atoms with Gasteiger partial charge in [0.1, 0.15) is 5.78 Å². The third-order valence-electron chi connectivity index (χ3n) is 5.46. The molecule has 0 N–H and O–H groups in total. The van der Waals surface area contributed by atoms with Gasteiger partial charge in [0.25, 0.3) is 0 Å². The van der Waals surface area contributed by atoms with E-state index in [4.69, 9.17) is 0 Å². The molecule has 0 saturated carbocycles. The summed E-state index contributed by atoms with van der Waals surface area (Å²) in [5.74, 6) is 2.18. The summed E-state index contributed by atoms with van der Waals surface area (Å²) in [6.45, 7) is 8.81. The number of carbonyl (C=O) groups is 1. The summed E-state index contributed by atoms with van der Waals surface area (Å²) in [5.41, 5.74) is 0. The van der Waals surface area contributed by atoms with Crippen LogP contribution in [0.5, 0.6) is 0 Å². The van der Waals surface area contributed by atoms with Crippen LogP contribution in [-0.4, -0.2) is 5.78 Å². The van der Waals surface area contributed by atoms with Gasteiger partial charge in [0, 0.05) is 6.42 Å². The number of Topliss-reactive ketones (excluding diaryl/α,β-unsaturated/α-hetero) is 1. The Balaban J connectivity index is 3.21. The van der Waals surface area contributed by atoms with Crippen molar-refractivity contribution < 1.29 is 4.79 Å². The average molecular weight is 339 g/mol. The maximum Gasteiger partial charge on any atom is 0.129 e. The van der Waals surface area contributed by atoms with Crippen molar-refractivity contribution in [2.45, 2.75) is 130 Å². The summed E-state index contributed by atoms with van der Waals surface area (Å²) in [7, 11) is 0. The molecule has 0 aromatic rings. The highest BCUT2D eigenvalue weighted by atomic mass is 16.1. The standard InChI is InChI=1S/C23H46O/c1-5-18-23(21(2)3)20-17-15-13-11-9-7-6-8-10-12-14-16-19-22(4)24/h21,23H,5-20H2,1-4H3. The van der Waals surface area contributed by atoms with E-state index in [0.29, 0.717) is 5.78 Å². The van der Waals surface area contributed by atoms with Gasteiger partial charge in [0.15, 0.2) is 0 Å². The fourth-order valence-electron chi connectivity index (χ4n) is 3.73. The van der Waals surface area contributed by atoms with E-state index in [1.165, 1.54) is 89.9 Å². The summed E-state index contributed by atoms with van der Waals surface area (Å²) in [6, 6.07) is 0. The number of unbranched alkanes of at least 4 members (excludes halogenated alkanes) is 11. The number of hydrogen-bond donors (Lipinski definition) is 0. The van der Waals surface area contributed by atoms with Gasteiger partial charge in [0.2, 0.25) is 0 Å². The molecule has 0 spiro atoms. The smallest absolute Gasteiger partial charge is 0.129 e. The maximum atomic E-state index is 10.8. The van der Waals surface area contributed by atoms with Gasteiger partial charge in [-0.25, -0.2) is 0 Å². The van der Waals surface area contributed by atoms with Gasteiger partial charge >= 0.3 is 0 Å². The van der Waals surface area contributed by atoms with Crippen LogP contribution in [0.3, 0.4) is 0 Å². The molecule has 1 heteroatoms. The molecule has 1 nitrogen and oxygen atoms in total. The molecule has 1 unspecified atom stereocenters. The molecule has 0 heterocycles. The largest absolute Gasteiger partial charge is 0.300 e. The lowest BCUT2D eigenvalue weighted by molar-refractivity contribution is -0.117. The Morgan fingerprint density at radius 1 is 0.667 bits per heavy atom. The Morgan fingerprint density at radius 3 is 1.46 bits per heavy atom. The van der Waals surface area contributed by atoms with Crippen LogP contribution in [0.4, 0.5) is 0 Å². The summed E-state index contributed by atoms with van der Waals surface area (Å²) < 4.78 is 0. The normalized spacial score (nSPS) is 12.7. The molecule has 0 saturated heterocycles. The Bertz CT molecular complexity index is 269. The zero-order valence-corrected chi connectivity index (χ0v) is 17.4. The molecular weight excluding hydrogens is 292 g/mol. The predicted molar refractivity (Wildman–Crippen MR) is 109 cm³/mol. The van der Waals surface area contributed by atoms with Crippen LogP contribution in [0.2, 0.25) is 0 Å². The number of carbonyl (C=O) groups excluding carboxylic acids is 1. The lowest BCUT2D eigenvalue weighted by Crippen LogP contribution is -2.08. The first-order valence-electron chi connectivity index (χ1n) is 11.1. The third-order valence-corrected chi connectivity index (χ3v) is 5.46. The molecule has 24 heavy (non-hydrogen) atoms. The van der Waals surface area contributed by atoms with Gasteiger partial charge in [-0.05, 0) is 25.2 Å². The van der Waals surface area contributed by atoms with Crippen LogP contribution in [0, 0.1) is 11.8 Å². The molecule has 0 fully saturated rings. The molecule has 0 aliphatic heterocycles. The monoisotopic (exact) mass is 338 g/mol. The molecule has 0 amide bonds. The quantitative estimate of drug-likeness (QED) is 0.231. The van der Waals surface area contributed by atoms with Crippen LogP contribution in [-0.2, 0) is 4.79 Å². The van der Waals surface area contributed by atoms with E-state index in [1.807, 2.05) is 0 Å². The van der Waals surface area contributed by atoms with E-state index >= 15 is 0 Å². The van der Waals surface area contributed by atoms with Crippen LogP contribution >= 0.6 is 0 Å². The summed E-state index contributed by atoms with van der Waals surface area (Å²) in [5, 5.41) is 0. The molecule has 0 aromatic heterocycles. The van der Waals surface area contributed by atoms with E-state index in [9.17, 15) is 4.79 Å². The van der Waals surface area contributed by atoms with Crippen molar-refractivity contribution in [3.8, 4) is 0 Å². The van der Waals surface area contributed by atoms with Gasteiger partial charge in [-0.2, -0.15) is 0 Å². The van der Waals surface area contributed by atoms with Crippen molar-refractivity contribution in [1.29, 1.82) is 0 Å². The SMILES string of the molecule is CCCC(CCCCCCCCCCCCCCC(C)=O)C(C)C. The second kappa shape index (κ2) is 17.5. The van der Waals surface area contributed by atoms with Crippen molar-refractivity contribution >= 4 is 5.78 Å².